The van der Waals surface area contributed by atoms with Gasteiger partial charge in [-0.05, 0) is 56.3 Å². The highest BCUT2D eigenvalue weighted by molar-refractivity contribution is 5.90. The van der Waals surface area contributed by atoms with Crippen molar-refractivity contribution >= 4 is 5.78 Å². The van der Waals surface area contributed by atoms with Crippen molar-refractivity contribution in [3.63, 3.8) is 0 Å². The van der Waals surface area contributed by atoms with Crippen LogP contribution in [0.4, 0.5) is 0 Å². The van der Waals surface area contributed by atoms with Crippen molar-refractivity contribution in [2.45, 2.75) is 58.4 Å². The molecule has 104 valence electrons. The van der Waals surface area contributed by atoms with Crippen LogP contribution in [-0.2, 0) is 11.2 Å². The van der Waals surface area contributed by atoms with E-state index >= 15 is 0 Å². The summed E-state index contributed by atoms with van der Waals surface area (Å²) in [6.45, 7) is 7.36. The van der Waals surface area contributed by atoms with Crippen LogP contribution in [0.5, 0.6) is 0 Å². The second-order valence-electron chi connectivity index (χ2n) is 5.88. The zero-order chi connectivity index (χ0) is 13.9. The molecule has 1 N–H and O–H groups in total. The van der Waals surface area contributed by atoms with Crippen molar-refractivity contribution < 1.29 is 4.79 Å². The predicted molar refractivity (Wildman–Crippen MR) is 79.5 cm³/mol. The van der Waals surface area contributed by atoms with Crippen molar-refractivity contribution in [3.05, 3.63) is 34.9 Å². The van der Waals surface area contributed by atoms with Gasteiger partial charge in [-0.25, -0.2) is 0 Å². The third kappa shape index (κ3) is 3.06. The number of ketones is 1. The van der Waals surface area contributed by atoms with Crippen LogP contribution in [0.25, 0.3) is 0 Å². The molecule has 1 heterocycles. The van der Waals surface area contributed by atoms with Gasteiger partial charge in [0.25, 0.3) is 0 Å². The Kier molecular flexibility index (Phi) is 4.41. The normalized spacial score (nSPS) is 22.7. The Labute approximate surface area is 116 Å². The second-order valence-corrected chi connectivity index (χ2v) is 5.88. The number of benzene rings is 1. The molecule has 0 spiro atoms. The van der Waals surface area contributed by atoms with Crippen LogP contribution in [0.15, 0.2) is 18.2 Å². The monoisotopic (exact) mass is 259 g/mol. The molecule has 1 aliphatic rings. The number of carbonyl (C=O) groups is 1. The highest BCUT2D eigenvalue weighted by Gasteiger charge is 2.39. The van der Waals surface area contributed by atoms with Crippen molar-refractivity contribution in [2.75, 3.05) is 6.54 Å². The van der Waals surface area contributed by atoms with Crippen LogP contribution in [0.2, 0.25) is 0 Å². The van der Waals surface area contributed by atoms with E-state index in [1.807, 2.05) is 0 Å². The van der Waals surface area contributed by atoms with E-state index in [2.05, 4.69) is 44.3 Å². The quantitative estimate of drug-likeness (QED) is 0.878. The van der Waals surface area contributed by atoms with Gasteiger partial charge in [-0.15, -0.1) is 0 Å². The van der Waals surface area contributed by atoms with Gasteiger partial charge in [-0.1, -0.05) is 31.5 Å². The lowest BCUT2D eigenvalue weighted by atomic mass is 9.84. The first-order valence-corrected chi connectivity index (χ1v) is 7.42. The van der Waals surface area contributed by atoms with Gasteiger partial charge in [0.15, 0.2) is 5.78 Å². The van der Waals surface area contributed by atoms with Gasteiger partial charge in [-0.2, -0.15) is 0 Å². The van der Waals surface area contributed by atoms with E-state index in [4.69, 9.17) is 0 Å². The number of Topliss-reactive ketones (excluding diaryl/α,β-unsaturated/α-hetero) is 1. The Bertz CT molecular complexity index is 458. The molecule has 1 saturated heterocycles. The molecule has 0 aliphatic carbocycles. The summed E-state index contributed by atoms with van der Waals surface area (Å²) in [5.74, 6) is 0.370. The van der Waals surface area contributed by atoms with E-state index in [0.29, 0.717) is 12.2 Å². The van der Waals surface area contributed by atoms with E-state index in [0.717, 1.165) is 37.8 Å². The summed E-state index contributed by atoms with van der Waals surface area (Å²) in [4.78, 5) is 12.7. The number of hydrogen-bond acceptors (Lipinski definition) is 2. The van der Waals surface area contributed by atoms with Gasteiger partial charge < -0.3 is 5.32 Å². The topological polar surface area (TPSA) is 29.1 Å². The molecule has 2 heteroatoms. The molecule has 1 fully saturated rings. The maximum atomic E-state index is 12.7. The molecule has 1 atom stereocenters. The van der Waals surface area contributed by atoms with Crippen LogP contribution in [-0.4, -0.2) is 17.9 Å². The summed E-state index contributed by atoms with van der Waals surface area (Å²) in [6.07, 6.45) is 4.72. The Hall–Kier alpha value is -1.15. The van der Waals surface area contributed by atoms with Gasteiger partial charge in [0.2, 0.25) is 0 Å². The lowest BCUT2D eigenvalue weighted by molar-refractivity contribution is -0.124. The standard InChI is InChI=1S/C17H25NO/c1-4-8-17(9-5-10-18-17)16(19)12-15-7-6-13(2)14(3)11-15/h6-7,11,18H,4-5,8-10,12H2,1-3H3. The van der Waals surface area contributed by atoms with E-state index < -0.39 is 0 Å². The zero-order valence-corrected chi connectivity index (χ0v) is 12.4. The molecule has 1 unspecified atom stereocenters. The van der Waals surface area contributed by atoms with Crippen LogP contribution in [0, 0.1) is 13.8 Å². The summed E-state index contributed by atoms with van der Waals surface area (Å²) in [6, 6.07) is 6.36. The van der Waals surface area contributed by atoms with Crippen molar-refractivity contribution in [1.82, 2.24) is 5.32 Å². The third-order valence-corrected chi connectivity index (χ3v) is 4.39. The number of carbonyl (C=O) groups excluding carboxylic acids is 1. The van der Waals surface area contributed by atoms with E-state index in [9.17, 15) is 4.79 Å². The van der Waals surface area contributed by atoms with Gasteiger partial charge >= 0.3 is 0 Å². The maximum absolute atomic E-state index is 12.7. The molecule has 2 nitrogen and oxygen atoms in total. The lowest BCUT2D eigenvalue weighted by Crippen LogP contribution is -2.48. The van der Waals surface area contributed by atoms with E-state index in [1.165, 1.54) is 11.1 Å². The molecule has 1 aliphatic heterocycles. The van der Waals surface area contributed by atoms with Crippen molar-refractivity contribution in [3.8, 4) is 0 Å². The highest BCUT2D eigenvalue weighted by Crippen LogP contribution is 2.27. The summed E-state index contributed by atoms with van der Waals surface area (Å²) in [7, 11) is 0. The average molecular weight is 259 g/mol. The Balaban J connectivity index is 2.12. The second kappa shape index (κ2) is 5.87. The molecule has 0 radical (unpaired) electrons. The van der Waals surface area contributed by atoms with Crippen LogP contribution >= 0.6 is 0 Å². The Morgan fingerprint density at radius 3 is 2.68 bits per heavy atom. The summed E-state index contributed by atoms with van der Waals surface area (Å²) >= 11 is 0. The molecular formula is C17H25NO. The molecule has 0 amide bonds. The molecule has 2 rings (SSSR count). The molecular weight excluding hydrogens is 234 g/mol. The van der Waals surface area contributed by atoms with Gasteiger partial charge in [0.05, 0.1) is 5.54 Å². The molecule has 19 heavy (non-hydrogen) atoms. The third-order valence-electron chi connectivity index (χ3n) is 4.39. The Morgan fingerprint density at radius 1 is 1.32 bits per heavy atom. The fraction of sp³-hybridized carbons (Fsp3) is 0.588. The first-order chi connectivity index (χ1) is 9.07. The summed E-state index contributed by atoms with van der Waals surface area (Å²) in [5.41, 5.74) is 3.47. The SMILES string of the molecule is CCCC1(C(=O)Cc2ccc(C)c(C)c2)CCCN1. The minimum Gasteiger partial charge on any atom is -0.305 e. The number of aryl methyl sites for hydroxylation is 2. The van der Waals surface area contributed by atoms with Gasteiger partial charge in [0.1, 0.15) is 0 Å². The molecule has 0 aromatic heterocycles. The largest absolute Gasteiger partial charge is 0.305 e. The molecule has 1 aromatic carbocycles. The predicted octanol–water partition coefficient (Wildman–Crippen LogP) is 3.34. The highest BCUT2D eigenvalue weighted by atomic mass is 16.1. The number of nitrogens with one attached hydrogen (secondary N) is 1. The average Bonchev–Trinajstić information content (AvgIpc) is 2.84. The lowest BCUT2D eigenvalue weighted by Gasteiger charge is -2.27. The minimum absolute atomic E-state index is 0.243. The van der Waals surface area contributed by atoms with Crippen molar-refractivity contribution in [2.24, 2.45) is 0 Å². The van der Waals surface area contributed by atoms with Crippen LogP contribution in [0.1, 0.15) is 49.3 Å². The first kappa shape index (κ1) is 14.3. The van der Waals surface area contributed by atoms with E-state index in [1.54, 1.807) is 0 Å². The first-order valence-electron chi connectivity index (χ1n) is 7.42. The fourth-order valence-electron chi connectivity index (χ4n) is 3.09. The number of rotatable bonds is 5. The van der Waals surface area contributed by atoms with Crippen LogP contribution in [0.3, 0.4) is 0 Å². The summed E-state index contributed by atoms with van der Waals surface area (Å²) < 4.78 is 0. The number of hydrogen-bond donors (Lipinski definition) is 1. The van der Waals surface area contributed by atoms with E-state index in [-0.39, 0.29) is 5.54 Å². The maximum Gasteiger partial charge on any atom is 0.157 e. The Morgan fingerprint density at radius 2 is 2.11 bits per heavy atom. The fourth-order valence-corrected chi connectivity index (χ4v) is 3.09. The minimum atomic E-state index is -0.243. The molecule has 0 saturated carbocycles. The molecule has 1 aromatic rings. The summed E-state index contributed by atoms with van der Waals surface area (Å²) in [5, 5.41) is 3.47. The molecule has 0 bridgehead atoms. The van der Waals surface area contributed by atoms with Crippen molar-refractivity contribution in [1.29, 1.82) is 0 Å². The van der Waals surface area contributed by atoms with Gasteiger partial charge in [0, 0.05) is 6.42 Å². The zero-order valence-electron chi connectivity index (χ0n) is 12.4. The van der Waals surface area contributed by atoms with Crippen LogP contribution < -0.4 is 5.32 Å². The van der Waals surface area contributed by atoms with Gasteiger partial charge in [-0.3, -0.25) is 4.79 Å². The smallest absolute Gasteiger partial charge is 0.157 e.